The van der Waals surface area contributed by atoms with Crippen molar-refractivity contribution in [1.82, 2.24) is 9.80 Å². The van der Waals surface area contributed by atoms with Gasteiger partial charge in [-0.2, -0.15) is 0 Å². The van der Waals surface area contributed by atoms with Crippen molar-refractivity contribution in [2.45, 2.75) is 13.5 Å². The Bertz CT molecular complexity index is 539. The van der Waals surface area contributed by atoms with E-state index in [-0.39, 0.29) is 6.54 Å². The molecule has 1 aromatic rings. The molecule has 0 spiro atoms. The van der Waals surface area contributed by atoms with E-state index in [1.807, 2.05) is 31.2 Å². The number of carbonyl (C=O) groups is 3. The van der Waals surface area contributed by atoms with Gasteiger partial charge < -0.3 is 15.5 Å². The maximum atomic E-state index is 12.0. The molecule has 0 aromatic heterocycles. The van der Waals surface area contributed by atoms with Crippen LogP contribution in [-0.4, -0.2) is 47.2 Å². The van der Waals surface area contributed by atoms with Crippen molar-refractivity contribution in [3.05, 3.63) is 35.4 Å². The molecule has 0 radical (unpaired) electrons. The number of aryl methyl sites for hydroxylation is 1. The lowest BCUT2D eigenvalue weighted by atomic mass is 10.1. The third-order valence-corrected chi connectivity index (χ3v) is 3.24. The van der Waals surface area contributed by atoms with Crippen molar-refractivity contribution in [2.24, 2.45) is 5.73 Å². The number of primary amides is 1. The van der Waals surface area contributed by atoms with E-state index in [0.717, 1.165) is 11.1 Å². The Hall–Kier alpha value is -2.37. The third-order valence-electron chi connectivity index (χ3n) is 3.24. The Morgan fingerprint density at radius 3 is 2.25 bits per heavy atom. The highest BCUT2D eigenvalue weighted by atomic mass is 16.2. The summed E-state index contributed by atoms with van der Waals surface area (Å²) in [5.41, 5.74) is 7.16. The maximum absolute atomic E-state index is 12.0. The molecule has 2 N–H and O–H groups in total. The number of rotatable bonds is 4. The van der Waals surface area contributed by atoms with Crippen LogP contribution in [0.1, 0.15) is 11.1 Å². The summed E-state index contributed by atoms with van der Waals surface area (Å²) in [4.78, 5) is 37.3. The van der Waals surface area contributed by atoms with Crippen LogP contribution in [0.4, 0.5) is 0 Å². The standard InChI is InChI=1S/C14H17N3O3/c1-10-2-4-11(5-3-10)8-16-6-7-17(9-12(15)18)14(20)13(16)19/h2-5H,6-9H2,1H3,(H2,15,18). The Morgan fingerprint density at radius 1 is 1.10 bits per heavy atom. The number of piperazine rings is 1. The topological polar surface area (TPSA) is 83.7 Å². The first-order valence-electron chi connectivity index (χ1n) is 6.39. The summed E-state index contributed by atoms with van der Waals surface area (Å²) < 4.78 is 0. The monoisotopic (exact) mass is 275 g/mol. The van der Waals surface area contributed by atoms with Gasteiger partial charge >= 0.3 is 11.8 Å². The fourth-order valence-corrected chi connectivity index (χ4v) is 2.12. The summed E-state index contributed by atoms with van der Waals surface area (Å²) in [5, 5.41) is 0. The molecule has 0 bridgehead atoms. The lowest BCUT2D eigenvalue weighted by Gasteiger charge is -2.33. The van der Waals surface area contributed by atoms with E-state index in [9.17, 15) is 14.4 Å². The van der Waals surface area contributed by atoms with Gasteiger partial charge in [0.25, 0.3) is 0 Å². The van der Waals surface area contributed by atoms with Crippen LogP contribution >= 0.6 is 0 Å². The van der Waals surface area contributed by atoms with E-state index >= 15 is 0 Å². The predicted molar refractivity (Wildman–Crippen MR) is 72.4 cm³/mol. The van der Waals surface area contributed by atoms with Crippen molar-refractivity contribution >= 4 is 17.7 Å². The van der Waals surface area contributed by atoms with Gasteiger partial charge in [-0.1, -0.05) is 29.8 Å². The second-order valence-electron chi connectivity index (χ2n) is 4.91. The Morgan fingerprint density at radius 2 is 1.65 bits per heavy atom. The first-order valence-corrected chi connectivity index (χ1v) is 6.39. The van der Waals surface area contributed by atoms with E-state index in [0.29, 0.717) is 19.6 Å². The van der Waals surface area contributed by atoms with Crippen LogP contribution in [0.2, 0.25) is 0 Å². The minimum absolute atomic E-state index is 0.205. The summed E-state index contributed by atoms with van der Waals surface area (Å²) >= 11 is 0. The van der Waals surface area contributed by atoms with Crippen LogP contribution in [0.3, 0.4) is 0 Å². The molecule has 1 aromatic carbocycles. The van der Waals surface area contributed by atoms with Gasteiger partial charge in [0.05, 0.1) is 6.54 Å². The zero-order valence-electron chi connectivity index (χ0n) is 11.3. The van der Waals surface area contributed by atoms with Gasteiger partial charge in [0.2, 0.25) is 5.91 Å². The average molecular weight is 275 g/mol. The molecule has 0 aliphatic carbocycles. The number of hydrogen-bond acceptors (Lipinski definition) is 3. The Balaban J connectivity index is 2.02. The van der Waals surface area contributed by atoms with Gasteiger partial charge in [-0.25, -0.2) is 0 Å². The minimum Gasteiger partial charge on any atom is -0.368 e. The van der Waals surface area contributed by atoms with Crippen molar-refractivity contribution in [1.29, 1.82) is 0 Å². The lowest BCUT2D eigenvalue weighted by molar-refractivity contribution is -0.157. The van der Waals surface area contributed by atoms with E-state index in [1.54, 1.807) is 0 Å². The molecular weight excluding hydrogens is 258 g/mol. The molecule has 1 fully saturated rings. The van der Waals surface area contributed by atoms with Gasteiger partial charge in [0, 0.05) is 19.6 Å². The van der Waals surface area contributed by atoms with E-state index < -0.39 is 17.7 Å². The highest BCUT2D eigenvalue weighted by Gasteiger charge is 2.32. The van der Waals surface area contributed by atoms with Crippen LogP contribution in [0.15, 0.2) is 24.3 Å². The molecule has 106 valence electrons. The second kappa shape index (κ2) is 5.73. The van der Waals surface area contributed by atoms with E-state index in [4.69, 9.17) is 5.73 Å². The van der Waals surface area contributed by atoms with Crippen molar-refractivity contribution in [3.63, 3.8) is 0 Å². The molecule has 1 aliphatic rings. The molecule has 2 rings (SSSR count). The highest BCUT2D eigenvalue weighted by Crippen LogP contribution is 2.11. The second-order valence-corrected chi connectivity index (χ2v) is 4.91. The Labute approximate surface area is 117 Å². The third kappa shape index (κ3) is 3.14. The minimum atomic E-state index is -0.665. The molecule has 1 saturated heterocycles. The van der Waals surface area contributed by atoms with Crippen molar-refractivity contribution in [3.8, 4) is 0 Å². The molecule has 0 unspecified atom stereocenters. The number of hydrogen-bond donors (Lipinski definition) is 1. The summed E-state index contributed by atoms with van der Waals surface area (Å²) in [6, 6.07) is 7.79. The van der Waals surface area contributed by atoms with Crippen LogP contribution in [-0.2, 0) is 20.9 Å². The molecule has 1 heterocycles. The van der Waals surface area contributed by atoms with Crippen LogP contribution in [0, 0.1) is 6.92 Å². The highest BCUT2D eigenvalue weighted by molar-refractivity contribution is 6.35. The predicted octanol–water partition coefficient (Wildman–Crippen LogP) is -0.349. The fourth-order valence-electron chi connectivity index (χ4n) is 2.12. The first-order chi connectivity index (χ1) is 9.47. The van der Waals surface area contributed by atoms with Crippen LogP contribution < -0.4 is 5.73 Å². The van der Waals surface area contributed by atoms with Gasteiger partial charge in [0.1, 0.15) is 0 Å². The number of benzene rings is 1. The molecule has 3 amide bonds. The zero-order valence-corrected chi connectivity index (χ0v) is 11.3. The van der Waals surface area contributed by atoms with Crippen LogP contribution in [0.25, 0.3) is 0 Å². The molecule has 0 atom stereocenters. The molecule has 20 heavy (non-hydrogen) atoms. The average Bonchev–Trinajstić information content (AvgIpc) is 2.40. The van der Waals surface area contributed by atoms with Crippen molar-refractivity contribution in [2.75, 3.05) is 19.6 Å². The summed E-state index contributed by atoms with van der Waals surface area (Å²) in [5.74, 6) is -1.86. The normalized spacial score (nSPS) is 15.7. The maximum Gasteiger partial charge on any atom is 0.312 e. The number of nitrogens with zero attached hydrogens (tertiary/aromatic N) is 2. The molecule has 6 heteroatoms. The van der Waals surface area contributed by atoms with Gasteiger partial charge in [-0.15, -0.1) is 0 Å². The summed E-state index contributed by atoms with van der Waals surface area (Å²) in [6.07, 6.45) is 0. The zero-order chi connectivity index (χ0) is 14.7. The van der Waals surface area contributed by atoms with E-state index in [1.165, 1.54) is 9.80 Å². The number of carbonyl (C=O) groups excluding carboxylic acids is 3. The molecule has 6 nitrogen and oxygen atoms in total. The number of nitrogens with two attached hydrogens (primary N) is 1. The van der Waals surface area contributed by atoms with Gasteiger partial charge in [0.15, 0.2) is 0 Å². The van der Waals surface area contributed by atoms with Crippen LogP contribution in [0.5, 0.6) is 0 Å². The Kier molecular flexibility index (Phi) is 4.02. The molecular formula is C14H17N3O3. The smallest absolute Gasteiger partial charge is 0.312 e. The van der Waals surface area contributed by atoms with Gasteiger partial charge in [-0.05, 0) is 12.5 Å². The molecule has 1 aliphatic heterocycles. The largest absolute Gasteiger partial charge is 0.368 e. The van der Waals surface area contributed by atoms with Crippen molar-refractivity contribution < 1.29 is 14.4 Å². The number of amides is 3. The van der Waals surface area contributed by atoms with Gasteiger partial charge in [-0.3, -0.25) is 14.4 Å². The fraction of sp³-hybridized carbons (Fsp3) is 0.357. The SMILES string of the molecule is Cc1ccc(CN2CCN(CC(N)=O)C(=O)C2=O)cc1. The summed E-state index contributed by atoms with van der Waals surface area (Å²) in [6.45, 7) is 2.92. The summed E-state index contributed by atoms with van der Waals surface area (Å²) in [7, 11) is 0. The quantitative estimate of drug-likeness (QED) is 0.762. The van der Waals surface area contributed by atoms with E-state index in [2.05, 4.69) is 0 Å². The first kappa shape index (κ1) is 14.0. The molecule has 0 saturated carbocycles. The lowest BCUT2D eigenvalue weighted by Crippen LogP contribution is -2.55.